The van der Waals surface area contributed by atoms with E-state index in [1.807, 2.05) is 19.2 Å². The first-order valence-corrected chi connectivity index (χ1v) is 13.7. The summed E-state index contributed by atoms with van der Waals surface area (Å²) in [5, 5.41) is 6.20. The largest absolute Gasteiger partial charge is 0.496 e. The van der Waals surface area contributed by atoms with E-state index in [1.165, 1.54) is 0 Å². The Morgan fingerprint density at radius 2 is 1.92 bits per heavy atom. The molecule has 0 unspecified atom stereocenters. The average Bonchev–Trinajstić information content (AvgIpc) is 3.40. The SMILES string of the molecule is COc1cc(OC)c(Cl)c(-c2cc3cnc(N[C@@H]4COCC[C@@H]4C)cc3c(N3CC4(CCOC4)C3)n2)c1C. The van der Waals surface area contributed by atoms with Crippen LogP contribution < -0.4 is 19.7 Å². The number of nitrogens with one attached hydrogen (secondary N) is 1. The van der Waals surface area contributed by atoms with Gasteiger partial charge in [-0.15, -0.1) is 0 Å². The molecule has 1 N–H and O–H groups in total. The van der Waals surface area contributed by atoms with Crippen molar-refractivity contribution in [1.82, 2.24) is 9.97 Å². The van der Waals surface area contributed by atoms with E-state index in [0.29, 0.717) is 29.0 Å². The number of hydrogen-bond acceptors (Lipinski definition) is 8. The quantitative estimate of drug-likeness (QED) is 0.450. The van der Waals surface area contributed by atoms with Gasteiger partial charge >= 0.3 is 0 Å². The van der Waals surface area contributed by atoms with Crippen LogP contribution in [0, 0.1) is 18.3 Å². The van der Waals surface area contributed by atoms with Gasteiger partial charge in [-0.05, 0) is 37.8 Å². The van der Waals surface area contributed by atoms with Crippen LogP contribution in [0.3, 0.4) is 0 Å². The maximum atomic E-state index is 6.87. The van der Waals surface area contributed by atoms with Crippen molar-refractivity contribution in [2.24, 2.45) is 11.3 Å². The molecule has 1 aromatic carbocycles. The summed E-state index contributed by atoms with van der Waals surface area (Å²) in [7, 11) is 3.26. The molecule has 3 saturated heterocycles. The normalized spacial score (nSPS) is 22.5. The van der Waals surface area contributed by atoms with Gasteiger partial charge in [-0.25, -0.2) is 9.97 Å². The molecule has 3 aliphatic heterocycles. The standard InChI is InChI=1S/C29H35ClN4O4/c1-17-5-7-37-13-22(17)32-25-10-20-19(12-31-25)9-21(26-18(2)23(35-3)11-24(36-4)27(26)30)33-28(20)34-14-29(15-34)6-8-38-16-29/h9-12,17,22H,5-8,13-16H2,1-4H3,(H,31,32)/t17-,22+/m0/s1. The zero-order chi connectivity index (χ0) is 26.4. The maximum Gasteiger partial charge on any atom is 0.141 e. The molecule has 9 heteroatoms. The van der Waals surface area contributed by atoms with Crippen LogP contribution in [0.25, 0.3) is 22.0 Å². The minimum Gasteiger partial charge on any atom is -0.496 e. The van der Waals surface area contributed by atoms with Crippen molar-refractivity contribution < 1.29 is 18.9 Å². The van der Waals surface area contributed by atoms with E-state index < -0.39 is 0 Å². The molecular weight excluding hydrogens is 504 g/mol. The first kappa shape index (κ1) is 25.5. The third kappa shape index (κ3) is 4.42. The number of hydrogen-bond donors (Lipinski definition) is 1. The van der Waals surface area contributed by atoms with E-state index in [-0.39, 0.29) is 11.5 Å². The molecular formula is C29H35ClN4O4. The fourth-order valence-electron chi connectivity index (χ4n) is 5.97. The van der Waals surface area contributed by atoms with Crippen LogP contribution in [0.5, 0.6) is 11.5 Å². The van der Waals surface area contributed by atoms with E-state index in [9.17, 15) is 0 Å². The van der Waals surface area contributed by atoms with Gasteiger partial charge in [0.05, 0.1) is 44.2 Å². The lowest BCUT2D eigenvalue weighted by Gasteiger charge is -2.48. The Kier molecular flexibility index (Phi) is 6.74. The maximum absolute atomic E-state index is 6.87. The third-order valence-electron chi connectivity index (χ3n) is 8.40. The molecule has 38 heavy (non-hydrogen) atoms. The number of methoxy groups -OCH3 is 2. The van der Waals surface area contributed by atoms with E-state index in [2.05, 4.69) is 29.3 Å². The Bertz CT molecular complexity index is 1320. The molecule has 1 spiro atoms. The van der Waals surface area contributed by atoms with Gasteiger partial charge in [0, 0.05) is 65.9 Å². The Morgan fingerprint density at radius 1 is 1.11 bits per heavy atom. The van der Waals surface area contributed by atoms with Crippen molar-refractivity contribution >= 4 is 34.0 Å². The van der Waals surface area contributed by atoms with Gasteiger partial charge in [-0.1, -0.05) is 18.5 Å². The Hall–Kier alpha value is -2.81. The van der Waals surface area contributed by atoms with E-state index >= 15 is 0 Å². The number of pyridine rings is 2. The van der Waals surface area contributed by atoms with Gasteiger partial charge < -0.3 is 29.2 Å². The van der Waals surface area contributed by atoms with Crippen LogP contribution in [0.2, 0.25) is 5.02 Å². The summed E-state index contributed by atoms with van der Waals surface area (Å²) in [6, 6.07) is 6.23. The highest BCUT2D eigenvalue weighted by molar-refractivity contribution is 6.35. The van der Waals surface area contributed by atoms with Gasteiger partial charge in [0.25, 0.3) is 0 Å². The van der Waals surface area contributed by atoms with Gasteiger partial charge in [-0.3, -0.25) is 0 Å². The molecule has 2 atom stereocenters. The predicted octanol–water partition coefficient (Wildman–Crippen LogP) is 5.34. The minimum absolute atomic E-state index is 0.222. The lowest BCUT2D eigenvalue weighted by molar-refractivity contribution is 0.0607. The zero-order valence-electron chi connectivity index (χ0n) is 22.5. The summed E-state index contributed by atoms with van der Waals surface area (Å²) in [6.45, 7) is 9.26. The Balaban J connectivity index is 1.45. The van der Waals surface area contributed by atoms with Crippen LogP contribution in [0.4, 0.5) is 11.6 Å². The second-order valence-electron chi connectivity index (χ2n) is 11.0. The number of nitrogens with zero attached hydrogens (tertiary/aromatic N) is 3. The number of anilines is 2. The van der Waals surface area contributed by atoms with Crippen molar-refractivity contribution in [2.45, 2.75) is 32.7 Å². The summed E-state index contributed by atoms with van der Waals surface area (Å²) >= 11 is 6.87. The Labute approximate surface area is 228 Å². The highest BCUT2D eigenvalue weighted by Crippen LogP contribution is 2.46. The molecule has 2 aromatic heterocycles. The molecule has 0 aliphatic carbocycles. The number of halogens is 1. The van der Waals surface area contributed by atoms with E-state index in [0.717, 1.165) is 85.0 Å². The summed E-state index contributed by atoms with van der Waals surface area (Å²) in [4.78, 5) is 12.4. The van der Waals surface area contributed by atoms with Gasteiger partial charge in [-0.2, -0.15) is 0 Å². The van der Waals surface area contributed by atoms with Gasteiger partial charge in [0.15, 0.2) is 0 Å². The van der Waals surface area contributed by atoms with Crippen molar-refractivity contribution in [1.29, 1.82) is 0 Å². The molecule has 3 aliphatic rings. The number of benzene rings is 1. The molecule has 0 bridgehead atoms. The van der Waals surface area contributed by atoms with Crippen molar-refractivity contribution in [3.05, 3.63) is 35.0 Å². The molecule has 6 rings (SSSR count). The van der Waals surface area contributed by atoms with Gasteiger partial charge in [0.2, 0.25) is 0 Å². The molecule has 8 nitrogen and oxygen atoms in total. The van der Waals surface area contributed by atoms with Crippen LogP contribution in [0.1, 0.15) is 25.3 Å². The van der Waals surface area contributed by atoms with Crippen LogP contribution in [-0.4, -0.2) is 69.7 Å². The monoisotopic (exact) mass is 538 g/mol. The van der Waals surface area contributed by atoms with Crippen LogP contribution >= 0.6 is 11.6 Å². The highest BCUT2D eigenvalue weighted by Gasteiger charge is 2.46. The first-order chi connectivity index (χ1) is 18.4. The second kappa shape index (κ2) is 10.1. The summed E-state index contributed by atoms with van der Waals surface area (Å²) in [5.41, 5.74) is 2.71. The summed E-state index contributed by atoms with van der Waals surface area (Å²) in [6.07, 6.45) is 4.06. The van der Waals surface area contributed by atoms with Crippen LogP contribution in [-0.2, 0) is 9.47 Å². The third-order valence-corrected chi connectivity index (χ3v) is 8.78. The number of aromatic nitrogens is 2. The van der Waals surface area contributed by atoms with Crippen molar-refractivity contribution in [3.63, 3.8) is 0 Å². The van der Waals surface area contributed by atoms with E-state index in [4.69, 9.17) is 40.5 Å². The molecule has 0 amide bonds. The lowest BCUT2D eigenvalue weighted by atomic mass is 9.79. The number of fused-ring (bicyclic) bond motifs is 1. The minimum atomic E-state index is 0.222. The molecule has 3 fully saturated rings. The molecule has 0 radical (unpaired) electrons. The summed E-state index contributed by atoms with van der Waals surface area (Å²) < 4.78 is 22.7. The zero-order valence-corrected chi connectivity index (χ0v) is 23.2. The molecule has 5 heterocycles. The van der Waals surface area contributed by atoms with Crippen molar-refractivity contribution in [2.75, 3.05) is 64.0 Å². The average molecular weight is 539 g/mol. The molecule has 202 valence electrons. The van der Waals surface area contributed by atoms with Crippen molar-refractivity contribution in [3.8, 4) is 22.8 Å². The fourth-order valence-corrected chi connectivity index (χ4v) is 6.34. The lowest BCUT2D eigenvalue weighted by Crippen LogP contribution is -2.57. The molecule has 3 aromatic rings. The van der Waals surface area contributed by atoms with Gasteiger partial charge in [0.1, 0.15) is 23.1 Å². The number of rotatable bonds is 6. The molecule has 0 saturated carbocycles. The number of ether oxygens (including phenoxy) is 4. The Morgan fingerprint density at radius 3 is 2.63 bits per heavy atom. The summed E-state index contributed by atoms with van der Waals surface area (Å²) in [5.74, 6) is 3.56. The second-order valence-corrected chi connectivity index (χ2v) is 11.3. The first-order valence-electron chi connectivity index (χ1n) is 13.3. The smallest absolute Gasteiger partial charge is 0.141 e. The topological polar surface area (TPSA) is 78.0 Å². The highest BCUT2D eigenvalue weighted by atomic mass is 35.5. The predicted molar refractivity (Wildman–Crippen MR) is 150 cm³/mol. The fraction of sp³-hybridized carbons (Fsp3) is 0.517. The van der Waals surface area contributed by atoms with E-state index in [1.54, 1.807) is 14.2 Å². The van der Waals surface area contributed by atoms with Crippen LogP contribution in [0.15, 0.2) is 24.4 Å².